The summed E-state index contributed by atoms with van der Waals surface area (Å²) in [6, 6.07) is 7.27. The SMILES string of the molecule is COc1cc(C(c2ccco2)N2CCCC(C(=O)O)C2)cc(OC)c1OC. The molecular weight excluding hydrogens is 350 g/mol. The molecule has 3 rings (SSSR count). The normalized spacial score (nSPS) is 18.7. The number of likely N-dealkylation sites (tertiary alicyclic amines) is 1. The summed E-state index contributed by atoms with van der Waals surface area (Å²) in [4.78, 5) is 13.7. The average molecular weight is 375 g/mol. The lowest BCUT2D eigenvalue weighted by atomic mass is 9.93. The zero-order chi connectivity index (χ0) is 19.4. The first-order chi connectivity index (χ1) is 13.1. The maximum atomic E-state index is 11.5. The third-order valence-electron chi connectivity index (χ3n) is 4.98. The van der Waals surface area contributed by atoms with Crippen LogP contribution in [0.25, 0.3) is 0 Å². The molecule has 1 saturated heterocycles. The van der Waals surface area contributed by atoms with Crippen LogP contribution in [-0.2, 0) is 4.79 Å². The quantitative estimate of drug-likeness (QED) is 0.796. The van der Waals surface area contributed by atoms with Gasteiger partial charge in [-0.1, -0.05) is 0 Å². The molecule has 2 heterocycles. The highest BCUT2D eigenvalue weighted by molar-refractivity contribution is 5.70. The van der Waals surface area contributed by atoms with Gasteiger partial charge in [0.25, 0.3) is 0 Å². The van der Waals surface area contributed by atoms with Crippen molar-refractivity contribution >= 4 is 5.97 Å². The Balaban J connectivity index is 2.05. The Kier molecular flexibility index (Phi) is 5.91. The molecule has 1 aromatic carbocycles. The Labute approximate surface area is 158 Å². The molecule has 0 amide bonds. The van der Waals surface area contributed by atoms with Crippen LogP contribution >= 0.6 is 0 Å². The molecular formula is C20H25NO6. The van der Waals surface area contributed by atoms with Gasteiger partial charge in [0, 0.05) is 6.54 Å². The number of hydrogen-bond donors (Lipinski definition) is 1. The summed E-state index contributed by atoms with van der Waals surface area (Å²) < 4.78 is 22.1. The first-order valence-corrected chi connectivity index (χ1v) is 8.89. The zero-order valence-electron chi connectivity index (χ0n) is 15.8. The third-order valence-corrected chi connectivity index (χ3v) is 4.98. The highest BCUT2D eigenvalue weighted by Crippen LogP contribution is 2.43. The standard InChI is InChI=1S/C20H25NO6/c1-24-16-10-14(11-17(25-2)19(16)26-3)18(15-7-5-9-27-15)21-8-4-6-13(12-21)20(22)23/h5,7,9-11,13,18H,4,6,8,12H2,1-3H3,(H,22,23). The van der Waals surface area contributed by atoms with Crippen molar-refractivity contribution in [1.29, 1.82) is 0 Å². The number of furan rings is 1. The Hall–Kier alpha value is -2.67. The van der Waals surface area contributed by atoms with Crippen LogP contribution in [0.15, 0.2) is 34.9 Å². The number of benzene rings is 1. The number of carboxylic acid groups (broad SMARTS) is 1. The number of hydrogen-bond acceptors (Lipinski definition) is 6. The van der Waals surface area contributed by atoms with Crippen LogP contribution in [0.5, 0.6) is 17.2 Å². The number of piperidine rings is 1. The summed E-state index contributed by atoms with van der Waals surface area (Å²) >= 11 is 0. The van der Waals surface area contributed by atoms with E-state index >= 15 is 0 Å². The Morgan fingerprint density at radius 1 is 1.22 bits per heavy atom. The van der Waals surface area contributed by atoms with E-state index < -0.39 is 11.9 Å². The predicted molar refractivity (Wildman–Crippen MR) is 98.6 cm³/mol. The van der Waals surface area contributed by atoms with E-state index in [-0.39, 0.29) is 6.04 Å². The summed E-state index contributed by atoms with van der Waals surface area (Å²) in [6.45, 7) is 1.24. The van der Waals surface area contributed by atoms with E-state index in [1.807, 2.05) is 24.3 Å². The molecule has 2 unspecified atom stereocenters. The zero-order valence-corrected chi connectivity index (χ0v) is 15.8. The van der Waals surface area contributed by atoms with Crippen molar-refractivity contribution in [3.05, 3.63) is 41.9 Å². The minimum atomic E-state index is -0.761. The lowest BCUT2D eigenvalue weighted by molar-refractivity contribution is -0.143. The fraction of sp³-hybridized carbons (Fsp3) is 0.450. The minimum absolute atomic E-state index is 0.240. The van der Waals surface area contributed by atoms with E-state index in [1.165, 1.54) is 0 Å². The van der Waals surface area contributed by atoms with Gasteiger partial charge in [0.2, 0.25) is 5.75 Å². The number of carbonyl (C=O) groups is 1. The molecule has 1 aliphatic heterocycles. The number of ether oxygens (including phenoxy) is 3. The van der Waals surface area contributed by atoms with Crippen LogP contribution in [0.2, 0.25) is 0 Å². The van der Waals surface area contributed by atoms with Gasteiger partial charge in [0.1, 0.15) is 5.76 Å². The number of nitrogens with zero attached hydrogens (tertiary/aromatic N) is 1. The molecule has 1 aromatic heterocycles. The van der Waals surface area contributed by atoms with Gasteiger partial charge >= 0.3 is 5.97 Å². The van der Waals surface area contributed by atoms with E-state index in [0.717, 1.165) is 24.3 Å². The summed E-state index contributed by atoms with van der Waals surface area (Å²) in [5.74, 6) is 1.21. The van der Waals surface area contributed by atoms with Gasteiger partial charge in [-0.05, 0) is 49.2 Å². The van der Waals surface area contributed by atoms with Gasteiger partial charge in [0.15, 0.2) is 11.5 Å². The molecule has 7 nitrogen and oxygen atoms in total. The Morgan fingerprint density at radius 3 is 2.44 bits per heavy atom. The number of methoxy groups -OCH3 is 3. The van der Waals surface area contributed by atoms with Crippen molar-refractivity contribution in [3.63, 3.8) is 0 Å². The van der Waals surface area contributed by atoms with Crippen LogP contribution in [0.4, 0.5) is 0 Å². The summed E-state index contributed by atoms with van der Waals surface area (Å²) in [6.07, 6.45) is 3.13. The third kappa shape index (κ3) is 3.88. The molecule has 27 heavy (non-hydrogen) atoms. The highest BCUT2D eigenvalue weighted by Gasteiger charge is 2.33. The van der Waals surface area contributed by atoms with Crippen LogP contribution in [0.3, 0.4) is 0 Å². The largest absolute Gasteiger partial charge is 0.493 e. The van der Waals surface area contributed by atoms with E-state index in [4.69, 9.17) is 18.6 Å². The second-order valence-corrected chi connectivity index (χ2v) is 6.55. The first kappa shape index (κ1) is 19.1. The van der Waals surface area contributed by atoms with Crippen molar-refractivity contribution in [2.45, 2.75) is 18.9 Å². The molecule has 1 aliphatic rings. The van der Waals surface area contributed by atoms with Gasteiger partial charge in [-0.2, -0.15) is 0 Å². The van der Waals surface area contributed by atoms with Crippen LogP contribution in [-0.4, -0.2) is 50.4 Å². The van der Waals surface area contributed by atoms with Gasteiger partial charge in [-0.25, -0.2) is 0 Å². The molecule has 2 aromatic rings. The molecule has 2 atom stereocenters. The van der Waals surface area contributed by atoms with E-state index in [0.29, 0.717) is 30.2 Å². The second-order valence-electron chi connectivity index (χ2n) is 6.55. The van der Waals surface area contributed by atoms with Crippen LogP contribution < -0.4 is 14.2 Å². The van der Waals surface area contributed by atoms with Crippen molar-refractivity contribution < 1.29 is 28.5 Å². The summed E-state index contributed by atoms with van der Waals surface area (Å²) in [7, 11) is 4.71. The number of aliphatic carboxylic acids is 1. The van der Waals surface area contributed by atoms with Crippen molar-refractivity contribution in [2.24, 2.45) is 5.92 Å². The molecule has 0 bridgehead atoms. The maximum Gasteiger partial charge on any atom is 0.307 e. The van der Waals surface area contributed by atoms with Crippen LogP contribution in [0, 0.1) is 5.92 Å². The van der Waals surface area contributed by atoms with E-state index in [9.17, 15) is 9.90 Å². The second kappa shape index (κ2) is 8.35. The first-order valence-electron chi connectivity index (χ1n) is 8.89. The van der Waals surface area contributed by atoms with Crippen molar-refractivity contribution in [3.8, 4) is 17.2 Å². The molecule has 0 spiro atoms. The fourth-order valence-electron chi connectivity index (χ4n) is 3.70. The van der Waals surface area contributed by atoms with Gasteiger partial charge < -0.3 is 23.7 Å². The highest BCUT2D eigenvalue weighted by atomic mass is 16.5. The van der Waals surface area contributed by atoms with Crippen LogP contribution in [0.1, 0.15) is 30.2 Å². The molecule has 1 fully saturated rings. The lowest BCUT2D eigenvalue weighted by Gasteiger charge is -2.36. The van der Waals surface area contributed by atoms with Gasteiger partial charge in [-0.15, -0.1) is 0 Å². The molecule has 1 N–H and O–H groups in total. The van der Waals surface area contributed by atoms with E-state index in [1.54, 1.807) is 27.6 Å². The van der Waals surface area contributed by atoms with E-state index in [2.05, 4.69) is 4.90 Å². The molecule has 0 saturated carbocycles. The smallest absolute Gasteiger partial charge is 0.307 e. The maximum absolute atomic E-state index is 11.5. The number of carboxylic acids is 1. The predicted octanol–water partition coefficient (Wildman–Crippen LogP) is 3.19. The molecule has 146 valence electrons. The number of rotatable bonds is 7. The Bertz CT molecular complexity index is 748. The monoisotopic (exact) mass is 375 g/mol. The Morgan fingerprint density at radius 2 is 1.93 bits per heavy atom. The molecule has 7 heteroatoms. The summed E-state index contributed by atoms with van der Waals surface area (Å²) in [5, 5.41) is 9.46. The minimum Gasteiger partial charge on any atom is -0.493 e. The van der Waals surface area contributed by atoms with Crippen molar-refractivity contribution in [2.75, 3.05) is 34.4 Å². The van der Waals surface area contributed by atoms with Gasteiger partial charge in [0.05, 0.1) is 39.6 Å². The summed E-state index contributed by atoms with van der Waals surface area (Å²) in [5.41, 5.74) is 0.894. The molecule has 0 radical (unpaired) electrons. The fourth-order valence-corrected chi connectivity index (χ4v) is 3.70. The lowest BCUT2D eigenvalue weighted by Crippen LogP contribution is -2.41. The average Bonchev–Trinajstić information content (AvgIpc) is 3.21. The van der Waals surface area contributed by atoms with Crippen molar-refractivity contribution in [1.82, 2.24) is 4.90 Å². The topological polar surface area (TPSA) is 81.4 Å². The molecule has 0 aliphatic carbocycles. The van der Waals surface area contributed by atoms with Gasteiger partial charge in [-0.3, -0.25) is 9.69 Å².